The molecule has 0 aromatic carbocycles. The molecule has 3 unspecified atom stereocenters. The normalized spacial score (nSPS) is 58.4. The van der Waals surface area contributed by atoms with Gasteiger partial charge in [0.05, 0.1) is 6.61 Å². The van der Waals surface area contributed by atoms with Crippen LogP contribution in [0, 0.1) is 11.8 Å². The lowest BCUT2D eigenvalue weighted by molar-refractivity contribution is -0.251. The standard InChI is InChI=1S/C11H20BNO3/c1-6-7-8-10(5-14-2,16-9(7)12)4-11(8,13-6)15-3/h6-9,13H,4-5,12H2,1-3H3/t6-,7?,8?,9+,10+,11?/m0/s1. The van der Waals surface area contributed by atoms with Crippen LogP contribution >= 0.6 is 0 Å². The van der Waals surface area contributed by atoms with Crippen molar-refractivity contribution in [2.45, 2.75) is 36.7 Å². The molecule has 0 aromatic rings. The minimum Gasteiger partial charge on any atom is -0.382 e. The van der Waals surface area contributed by atoms with Crippen molar-refractivity contribution in [2.24, 2.45) is 11.8 Å². The number of nitrogens with one attached hydrogen (secondary N) is 1. The van der Waals surface area contributed by atoms with Crippen molar-refractivity contribution < 1.29 is 14.2 Å². The minimum atomic E-state index is -0.159. The Morgan fingerprint density at radius 3 is 2.88 bits per heavy atom. The van der Waals surface area contributed by atoms with Crippen LogP contribution in [0.4, 0.5) is 0 Å². The summed E-state index contributed by atoms with van der Waals surface area (Å²) in [5.41, 5.74) is -0.264. The summed E-state index contributed by atoms with van der Waals surface area (Å²) in [6.45, 7) is 2.91. The van der Waals surface area contributed by atoms with Crippen LogP contribution in [0.1, 0.15) is 13.3 Å². The van der Waals surface area contributed by atoms with E-state index in [2.05, 4.69) is 20.1 Å². The Bertz CT molecular complexity index is 316. The van der Waals surface area contributed by atoms with E-state index >= 15 is 0 Å². The molecule has 4 nitrogen and oxygen atoms in total. The maximum absolute atomic E-state index is 6.17. The molecule has 5 heteroatoms. The summed E-state index contributed by atoms with van der Waals surface area (Å²) in [5.74, 6) is 0.985. The van der Waals surface area contributed by atoms with Crippen molar-refractivity contribution in [1.29, 1.82) is 0 Å². The number of rotatable bonds is 3. The van der Waals surface area contributed by atoms with Gasteiger partial charge in [0.1, 0.15) is 19.2 Å². The quantitative estimate of drug-likeness (QED) is 0.647. The van der Waals surface area contributed by atoms with Crippen LogP contribution in [0.3, 0.4) is 0 Å². The first kappa shape index (κ1) is 11.0. The van der Waals surface area contributed by atoms with E-state index in [1.165, 1.54) is 0 Å². The molecule has 2 heterocycles. The third-order valence-electron chi connectivity index (χ3n) is 4.78. The van der Waals surface area contributed by atoms with E-state index in [1.54, 1.807) is 14.2 Å². The topological polar surface area (TPSA) is 39.7 Å². The van der Waals surface area contributed by atoms with Gasteiger partial charge in [-0.2, -0.15) is 0 Å². The molecule has 0 aromatic heterocycles. The van der Waals surface area contributed by atoms with E-state index in [4.69, 9.17) is 14.2 Å². The Hall–Kier alpha value is -0.0951. The van der Waals surface area contributed by atoms with Crippen molar-refractivity contribution in [1.82, 2.24) is 5.32 Å². The highest BCUT2D eigenvalue weighted by Gasteiger charge is 2.76. The lowest BCUT2D eigenvalue weighted by atomic mass is 9.60. The van der Waals surface area contributed by atoms with E-state index in [-0.39, 0.29) is 11.3 Å². The maximum Gasteiger partial charge on any atom is 0.139 e. The van der Waals surface area contributed by atoms with Gasteiger partial charge in [-0.15, -0.1) is 0 Å². The average Bonchev–Trinajstić information content (AvgIpc) is 2.60. The van der Waals surface area contributed by atoms with Gasteiger partial charge >= 0.3 is 0 Å². The Morgan fingerprint density at radius 1 is 1.50 bits per heavy atom. The zero-order valence-corrected chi connectivity index (χ0v) is 10.4. The Labute approximate surface area is 97.4 Å². The van der Waals surface area contributed by atoms with Crippen molar-refractivity contribution in [3.8, 4) is 0 Å². The molecular formula is C11H20BNO3. The SMILES string of the molecule is B[C@@H]1O[C@@]2(COC)CC3(OC)N[C@@H](C)C1C32. The largest absolute Gasteiger partial charge is 0.382 e. The van der Waals surface area contributed by atoms with Gasteiger partial charge in [0.15, 0.2) is 0 Å². The molecule has 2 aliphatic heterocycles. The Balaban J connectivity index is 1.94. The summed E-state index contributed by atoms with van der Waals surface area (Å²) in [5, 5.41) is 3.60. The summed E-state index contributed by atoms with van der Waals surface area (Å²) in [6, 6.07) is 0.753. The van der Waals surface area contributed by atoms with E-state index in [0.29, 0.717) is 30.5 Å². The molecule has 3 aliphatic rings. The zero-order chi connectivity index (χ0) is 11.6. The van der Waals surface area contributed by atoms with Crippen LogP contribution in [-0.4, -0.2) is 52.0 Å². The minimum absolute atomic E-state index is 0.105. The van der Waals surface area contributed by atoms with Gasteiger partial charge in [0.2, 0.25) is 0 Å². The van der Waals surface area contributed by atoms with Crippen LogP contribution in [0.25, 0.3) is 0 Å². The average molecular weight is 225 g/mol. The van der Waals surface area contributed by atoms with E-state index < -0.39 is 0 Å². The molecule has 0 amide bonds. The van der Waals surface area contributed by atoms with Crippen LogP contribution in [-0.2, 0) is 14.2 Å². The lowest BCUT2D eigenvalue weighted by Gasteiger charge is -2.55. The van der Waals surface area contributed by atoms with Gasteiger partial charge < -0.3 is 14.2 Å². The highest BCUT2D eigenvalue weighted by Crippen LogP contribution is 2.63. The molecular weight excluding hydrogens is 205 g/mol. The number of hydrogen-bond acceptors (Lipinski definition) is 4. The zero-order valence-electron chi connectivity index (χ0n) is 10.4. The number of ether oxygens (including phenoxy) is 3. The summed E-state index contributed by atoms with van der Waals surface area (Å²) in [4.78, 5) is 0. The molecule has 0 spiro atoms. The van der Waals surface area contributed by atoms with Crippen LogP contribution < -0.4 is 5.32 Å². The van der Waals surface area contributed by atoms with Gasteiger partial charge in [-0.25, -0.2) is 0 Å². The predicted octanol–water partition coefficient (Wildman–Crippen LogP) is -0.668. The first-order chi connectivity index (χ1) is 7.58. The number of hydrogen-bond donors (Lipinski definition) is 1. The monoisotopic (exact) mass is 225 g/mol. The molecule has 0 bridgehead atoms. The predicted molar refractivity (Wildman–Crippen MR) is 62.0 cm³/mol. The van der Waals surface area contributed by atoms with Crippen molar-refractivity contribution >= 4 is 7.85 Å². The summed E-state index contributed by atoms with van der Waals surface area (Å²) in [6.07, 6.45) is 0.903. The van der Waals surface area contributed by atoms with Crippen LogP contribution in [0.2, 0.25) is 0 Å². The molecule has 3 fully saturated rings. The number of methoxy groups -OCH3 is 2. The summed E-state index contributed by atoms with van der Waals surface area (Å²) in [7, 11) is 5.71. The van der Waals surface area contributed by atoms with Gasteiger partial charge in [0.25, 0.3) is 0 Å². The Morgan fingerprint density at radius 2 is 2.25 bits per heavy atom. The third-order valence-corrected chi connectivity index (χ3v) is 4.78. The molecule has 6 atom stereocenters. The van der Waals surface area contributed by atoms with Gasteiger partial charge in [-0.1, -0.05) is 0 Å². The van der Waals surface area contributed by atoms with Crippen LogP contribution in [0.5, 0.6) is 0 Å². The molecule has 1 N–H and O–H groups in total. The fourth-order valence-electron chi connectivity index (χ4n) is 4.45. The Kier molecular flexibility index (Phi) is 2.22. The van der Waals surface area contributed by atoms with E-state index in [9.17, 15) is 0 Å². The molecule has 1 aliphatic carbocycles. The lowest BCUT2D eigenvalue weighted by Crippen LogP contribution is -2.70. The fraction of sp³-hybridized carbons (Fsp3) is 1.00. The van der Waals surface area contributed by atoms with Crippen LogP contribution in [0.15, 0.2) is 0 Å². The molecule has 90 valence electrons. The van der Waals surface area contributed by atoms with Crippen molar-refractivity contribution in [2.75, 3.05) is 20.8 Å². The first-order valence-electron chi connectivity index (χ1n) is 6.08. The van der Waals surface area contributed by atoms with Crippen molar-refractivity contribution in [3.63, 3.8) is 0 Å². The highest BCUT2D eigenvalue weighted by molar-refractivity contribution is 6.11. The van der Waals surface area contributed by atoms with E-state index in [0.717, 1.165) is 6.42 Å². The second kappa shape index (κ2) is 3.22. The van der Waals surface area contributed by atoms with Gasteiger partial charge in [-0.05, 0) is 6.92 Å². The van der Waals surface area contributed by atoms with E-state index in [1.807, 2.05) is 0 Å². The van der Waals surface area contributed by atoms with Crippen molar-refractivity contribution in [3.05, 3.63) is 0 Å². The molecule has 2 saturated heterocycles. The molecule has 0 radical (unpaired) electrons. The second-order valence-electron chi connectivity index (χ2n) is 5.58. The molecule has 3 rings (SSSR count). The van der Waals surface area contributed by atoms with Gasteiger partial charge in [-0.3, -0.25) is 5.32 Å². The maximum atomic E-state index is 6.17. The van der Waals surface area contributed by atoms with Gasteiger partial charge in [0, 0.05) is 44.5 Å². The summed E-state index contributed by atoms with van der Waals surface area (Å²) >= 11 is 0. The molecule has 1 saturated carbocycles. The smallest absolute Gasteiger partial charge is 0.139 e. The summed E-state index contributed by atoms with van der Waals surface area (Å²) < 4.78 is 17.2. The second-order valence-corrected chi connectivity index (χ2v) is 5.58. The third kappa shape index (κ3) is 1.05. The molecule has 16 heavy (non-hydrogen) atoms. The fourth-order valence-corrected chi connectivity index (χ4v) is 4.45. The highest BCUT2D eigenvalue weighted by atomic mass is 16.6. The first-order valence-corrected chi connectivity index (χ1v) is 6.08.